The van der Waals surface area contributed by atoms with Gasteiger partial charge in [0.1, 0.15) is 5.84 Å². The molecule has 0 amide bonds. The van der Waals surface area contributed by atoms with Crippen LogP contribution < -0.4 is 11.1 Å². The van der Waals surface area contributed by atoms with Gasteiger partial charge >= 0.3 is 0 Å². The number of unbranched alkanes of at least 4 members (excludes halogenated alkanes) is 1. The van der Waals surface area contributed by atoms with E-state index in [1.54, 1.807) is 0 Å². The molecule has 0 rings (SSSR count). The minimum atomic E-state index is -0.207. The first-order valence-corrected chi connectivity index (χ1v) is 7.44. The standard InChI is InChI=1S/C12H27N3OS/c1-10(17-4)9-14-8-6-5-7-12(2,3)11(13)15-16/h10,14,16H,5-9H2,1-4H3,(H2,13,15). The zero-order valence-electron chi connectivity index (χ0n) is 11.5. The van der Waals surface area contributed by atoms with Crippen LogP contribution in [0.1, 0.15) is 40.0 Å². The molecule has 0 aromatic carbocycles. The number of nitrogens with one attached hydrogen (secondary N) is 1. The molecule has 0 heterocycles. The summed E-state index contributed by atoms with van der Waals surface area (Å²) in [4.78, 5) is 0. The van der Waals surface area contributed by atoms with Gasteiger partial charge in [0.2, 0.25) is 0 Å². The summed E-state index contributed by atoms with van der Waals surface area (Å²) in [5.74, 6) is 0.321. The van der Waals surface area contributed by atoms with Gasteiger partial charge in [-0.25, -0.2) is 0 Å². The van der Waals surface area contributed by atoms with Crippen LogP contribution in [-0.2, 0) is 0 Å². The molecule has 0 saturated heterocycles. The molecule has 1 unspecified atom stereocenters. The number of nitrogens with two attached hydrogens (primary N) is 1. The van der Waals surface area contributed by atoms with Gasteiger partial charge in [0.25, 0.3) is 0 Å². The van der Waals surface area contributed by atoms with Crippen molar-refractivity contribution in [3.05, 3.63) is 0 Å². The highest BCUT2D eigenvalue weighted by atomic mass is 32.2. The molecule has 102 valence electrons. The van der Waals surface area contributed by atoms with E-state index in [4.69, 9.17) is 10.9 Å². The van der Waals surface area contributed by atoms with Gasteiger partial charge in [-0.15, -0.1) is 0 Å². The highest BCUT2D eigenvalue weighted by molar-refractivity contribution is 7.99. The molecule has 4 N–H and O–H groups in total. The maximum Gasteiger partial charge on any atom is 0.144 e. The predicted octanol–water partition coefficient (Wildman–Crippen LogP) is 2.27. The molecule has 4 nitrogen and oxygen atoms in total. The van der Waals surface area contributed by atoms with Crippen LogP contribution >= 0.6 is 11.8 Å². The van der Waals surface area contributed by atoms with Crippen molar-refractivity contribution in [2.45, 2.75) is 45.3 Å². The van der Waals surface area contributed by atoms with Crippen molar-refractivity contribution in [3.8, 4) is 0 Å². The maximum atomic E-state index is 8.65. The summed E-state index contributed by atoms with van der Waals surface area (Å²) >= 11 is 1.88. The summed E-state index contributed by atoms with van der Waals surface area (Å²) in [6.45, 7) is 8.33. The van der Waals surface area contributed by atoms with Crippen molar-refractivity contribution >= 4 is 17.6 Å². The maximum absolute atomic E-state index is 8.65. The lowest BCUT2D eigenvalue weighted by molar-refractivity contribution is 0.304. The van der Waals surface area contributed by atoms with Gasteiger partial charge in [-0.3, -0.25) is 0 Å². The second-order valence-corrected chi connectivity index (χ2v) is 6.35. The zero-order chi connectivity index (χ0) is 13.3. The van der Waals surface area contributed by atoms with E-state index in [1.165, 1.54) is 0 Å². The average molecular weight is 261 g/mol. The Morgan fingerprint density at radius 3 is 2.65 bits per heavy atom. The Hall–Kier alpha value is -0.420. The smallest absolute Gasteiger partial charge is 0.144 e. The third kappa shape index (κ3) is 7.49. The number of oxime groups is 1. The van der Waals surface area contributed by atoms with Crippen LogP contribution in [0.5, 0.6) is 0 Å². The Kier molecular flexibility index (Phi) is 8.43. The van der Waals surface area contributed by atoms with Crippen molar-refractivity contribution < 1.29 is 5.21 Å². The van der Waals surface area contributed by atoms with E-state index in [2.05, 4.69) is 23.7 Å². The van der Waals surface area contributed by atoms with Crippen molar-refractivity contribution in [2.75, 3.05) is 19.3 Å². The number of thioether (sulfide) groups is 1. The minimum absolute atomic E-state index is 0.207. The van der Waals surface area contributed by atoms with E-state index < -0.39 is 0 Å². The Labute approximate surface area is 109 Å². The summed E-state index contributed by atoms with van der Waals surface area (Å²) < 4.78 is 0. The molecule has 0 bridgehead atoms. The zero-order valence-corrected chi connectivity index (χ0v) is 12.3. The van der Waals surface area contributed by atoms with Crippen molar-refractivity contribution in [1.29, 1.82) is 0 Å². The van der Waals surface area contributed by atoms with Crippen molar-refractivity contribution in [3.63, 3.8) is 0 Å². The molecular weight excluding hydrogens is 234 g/mol. The SMILES string of the molecule is CSC(C)CNCCCCC(C)(C)C(N)=NO. The number of hydrogen-bond donors (Lipinski definition) is 3. The van der Waals surface area contributed by atoms with Gasteiger partial charge in [0, 0.05) is 17.2 Å². The highest BCUT2D eigenvalue weighted by Crippen LogP contribution is 2.23. The van der Waals surface area contributed by atoms with Crippen LogP contribution in [0, 0.1) is 5.41 Å². The van der Waals surface area contributed by atoms with E-state index in [-0.39, 0.29) is 5.41 Å². The molecule has 0 aliphatic carbocycles. The van der Waals surface area contributed by atoms with Crippen LogP contribution in [0.3, 0.4) is 0 Å². The second-order valence-electron chi connectivity index (χ2n) is 5.08. The molecule has 0 aromatic rings. The van der Waals surface area contributed by atoms with E-state index in [9.17, 15) is 0 Å². The lowest BCUT2D eigenvalue weighted by Gasteiger charge is -2.22. The Bertz CT molecular complexity index is 232. The fraction of sp³-hybridized carbons (Fsp3) is 0.917. The first-order chi connectivity index (χ1) is 7.94. The molecule has 0 fully saturated rings. The lowest BCUT2D eigenvalue weighted by Crippen LogP contribution is -2.32. The van der Waals surface area contributed by atoms with E-state index in [0.717, 1.165) is 32.4 Å². The molecular formula is C12H27N3OS. The monoisotopic (exact) mass is 261 g/mol. The summed E-state index contributed by atoms with van der Waals surface area (Å²) in [5.41, 5.74) is 5.42. The predicted molar refractivity (Wildman–Crippen MR) is 76.9 cm³/mol. The fourth-order valence-corrected chi connectivity index (χ4v) is 1.75. The summed E-state index contributed by atoms with van der Waals surface area (Å²) in [7, 11) is 0. The molecule has 0 aromatic heterocycles. The van der Waals surface area contributed by atoms with E-state index >= 15 is 0 Å². The first-order valence-electron chi connectivity index (χ1n) is 6.15. The van der Waals surface area contributed by atoms with Crippen molar-refractivity contribution in [1.82, 2.24) is 5.32 Å². The highest BCUT2D eigenvalue weighted by Gasteiger charge is 2.22. The summed E-state index contributed by atoms with van der Waals surface area (Å²) in [6, 6.07) is 0. The Balaban J connectivity index is 3.58. The average Bonchev–Trinajstić information content (AvgIpc) is 2.31. The number of hydrogen-bond acceptors (Lipinski definition) is 4. The van der Waals surface area contributed by atoms with Gasteiger partial charge < -0.3 is 16.3 Å². The molecule has 0 radical (unpaired) electrons. The third-order valence-electron chi connectivity index (χ3n) is 3.04. The summed E-state index contributed by atoms with van der Waals surface area (Å²) in [5, 5.41) is 15.8. The topological polar surface area (TPSA) is 70.6 Å². The second kappa shape index (κ2) is 8.64. The molecule has 5 heteroatoms. The Morgan fingerprint density at radius 2 is 2.12 bits per heavy atom. The lowest BCUT2D eigenvalue weighted by atomic mass is 9.86. The number of nitrogens with zero attached hydrogens (tertiary/aromatic N) is 1. The van der Waals surface area contributed by atoms with Crippen LogP contribution in [-0.4, -0.2) is 35.6 Å². The van der Waals surface area contributed by atoms with Gasteiger partial charge in [-0.1, -0.05) is 32.3 Å². The van der Waals surface area contributed by atoms with Crippen LogP contribution in [0.2, 0.25) is 0 Å². The van der Waals surface area contributed by atoms with Crippen molar-refractivity contribution in [2.24, 2.45) is 16.3 Å². The molecule has 17 heavy (non-hydrogen) atoms. The largest absolute Gasteiger partial charge is 0.409 e. The minimum Gasteiger partial charge on any atom is -0.409 e. The molecule has 0 spiro atoms. The van der Waals surface area contributed by atoms with Gasteiger partial charge in [-0.05, 0) is 25.6 Å². The van der Waals surface area contributed by atoms with Gasteiger partial charge in [0.15, 0.2) is 0 Å². The molecule has 0 aliphatic heterocycles. The normalized spacial score (nSPS) is 14.9. The first kappa shape index (κ1) is 16.6. The van der Waals surface area contributed by atoms with Gasteiger partial charge in [0.05, 0.1) is 0 Å². The van der Waals surface area contributed by atoms with Gasteiger partial charge in [-0.2, -0.15) is 11.8 Å². The van der Waals surface area contributed by atoms with E-state index in [1.807, 2.05) is 25.6 Å². The number of rotatable bonds is 9. The molecule has 0 saturated carbocycles. The van der Waals surface area contributed by atoms with E-state index in [0.29, 0.717) is 11.1 Å². The molecule has 0 aliphatic rings. The quantitative estimate of drug-likeness (QED) is 0.196. The van der Waals surface area contributed by atoms with Crippen LogP contribution in [0.25, 0.3) is 0 Å². The molecule has 1 atom stereocenters. The fourth-order valence-electron chi connectivity index (χ4n) is 1.47. The summed E-state index contributed by atoms with van der Waals surface area (Å²) in [6.07, 6.45) is 5.29. The number of amidine groups is 1. The van der Waals surface area contributed by atoms with Crippen LogP contribution in [0.4, 0.5) is 0 Å². The van der Waals surface area contributed by atoms with Crippen LogP contribution in [0.15, 0.2) is 5.16 Å². The third-order valence-corrected chi connectivity index (χ3v) is 4.01. The Morgan fingerprint density at radius 1 is 1.47 bits per heavy atom.